The number of rotatable bonds is 6. The Morgan fingerprint density at radius 2 is 2.00 bits per heavy atom. The minimum absolute atomic E-state index is 0.593. The standard InChI is InChI=1S/C13H24N2S/c1-6-10(4)14-8-12-11(5)15-13(16-12)7-9(2)3/h9-10,14H,6-8H2,1-5H3. The van der Waals surface area contributed by atoms with Gasteiger partial charge in [-0.25, -0.2) is 4.98 Å². The molecule has 1 aromatic rings. The Hall–Kier alpha value is -0.410. The molecule has 1 unspecified atom stereocenters. The van der Waals surface area contributed by atoms with Gasteiger partial charge >= 0.3 is 0 Å². The molecule has 1 aromatic heterocycles. The number of aryl methyl sites for hydroxylation is 1. The molecule has 0 radical (unpaired) electrons. The number of thiazole rings is 1. The minimum atomic E-state index is 0.593. The van der Waals surface area contributed by atoms with Crippen LogP contribution < -0.4 is 5.32 Å². The second-order valence-corrected chi connectivity index (χ2v) is 6.07. The summed E-state index contributed by atoms with van der Waals surface area (Å²) in [6.45, 7) is 12.0. The number of nitrogens with one attached hydrogen (secondary N) is 1. The van der Waals surface area contributed by atoms with Crippen LogP contribution in [0, 0.1) is 12.8 Å². The summed E-state index contributed by atoms with van der Waals surface area (Å²) in [5.74, 6) is 0.695. The largest absolute Gasteiger partial charge is 0.309 e. The van der Waals surface area contributed by atoms with Crippen LogP contribution in [-0.2, 0) is 13.0 Å². The summed E-state index contributed by atoms with van der Waals surface area (Å²) in [6, 6.07) is 0.593. The van der Waals surface area contributed by atoms with E-state index in [2.05, 4.69) is 44.9 Å². The van der Waals surface area contributed by atoms with Gasteiger partial charge < -0.3 is 5.32 Å². The zero-order valence-corrected chi connectivity index (χ0v) is 11.9. The fraction of sp³-hybridized carbons (Fsp3) is 0.769. The first-order chi connectivity index (χ1) is 7.52. The van der Waals surface area contributed by atoms with E-state index in [1.807, 2.05) is 11.3 Å². The lowest BCUT2D eigenvalue weighted by Gasteiger charge is -2.09. The van der Waals surface area contributed by atoms with Gasteiger partial charge in [-0.05, 0) is 26.2 Å². The fourth-order valence-corrected chi connectivity index (χ4v) is 2.73. The van der Waals surface area contributed by atoms with Crippen molar-refractivity contribution < 1.29 is 0 Å². The van der Waals surface area contributed by atoms with Crippen LogP contribution in [0.25, 0.3) is 0 Å². The van der Waals surface area contributed by atoms with Crippen molar-refractivity contribution in [2.45, 2.75) is 60.0 Å². The van der Waals surface area contributed by atoms with Gasteiger partial charge in [-0.15, -0.1) is 11.3 Å². The van der Waals surface area contributed by atoms with E-state index < -0.39 is 0 Å². The topological polar surface area (TPSA) is 24.9 Å². The van der Waals surface area contributed by atoms with Crippen LogP contribution in [0.3, 0.4) is 0 Å². The zero-order chi connectivity index (χ0) is 12.1. The molecule has 1 atom stereocenters. The van der Waals surface area contributed by atoms with Gasteiger partial charge in [-0.3, -0.25) is 0 Å². The van der Waals surface area contributed by atoms with Crippen LogP contribution in [0.5, 0.6) is 0 Å². The van der Waals surface area contributed by atoms with Gasteiger partial charge in [0.15, 0.2) is 0 Å². The summed E-state index contributed by atoms with van der Waals surface area (Å²) < 4.78 is 0. The summed E-state index contributed by atoms with van der Waals surface area (Å²) >= 11 is 1.87. The monoisotopic (exact) mass is 240 g/mol. The quantitative estimate of drug-likeness (QED) is 0.822. The van der Waals surface area contributed by atoms with Crippen LogP contribution in [-0.4, -0.2) is 11.0 Å². The molecule has 2 nitrogen and oxygen atoms in total. The summed E-state index contributed by atoms with van der Waals surface area (Å²) in [7, 11) is 0. The molecule has 0 aromatic carbocycles. The van der Waals surface area contributed by atoms with Gasteiger partial charge in [0.2, 0.25) is 0 Å². The first-order valence-electron chi connectivity index (χ1n) is 6.21. The fourth-order valence-electron chi connectivity index (χ4n) is 1.50. The molecular formula is C13H24N2S. The molecule has 0 aliphatic carbocycles. The highest BCUT2D eigenvalue weighted by Crippen LogP contribution is 2.20. The van der Waals surface area contributed by atoms with Crippen molar-refractivity contribution in [3.8, 4) is 0 Å². The Labute approximate surface area is 103 Å². The number of nitrogens with zero attached hydrogens (tertiary/aromatic N) is 1. The first kappa shape index (κ1) is 13.7. The third kappa shape index (κ3) is 4.22. The maximum atomic E-state index is 4.63. The van der Waals surface area contributed by atoms with Crippen LogP contribution in [0.2, 0.25) is 0 Å². The van der Waals surface area contributed by atoms with Gasteiger partial charge in [0.05, 0.1) is 10.7 Å². The molecule has 3 heteroatoms. The Balaban J connectivity index is 2.56. The highest BCUT2D eigenvalue weighted by atomic mass is 32.1. The Morgan fingerprint density at radius 3 is 2.56 bits per heavy atom. The molecule has 0 amide bonds. The van der Waals surface area contributed by atoms with E-state index in [9.17, 15) is 0 Å². The lowest BCUT2D eigenvalue weighted by Crippen LogP contribution is -2.24. The van der Waals surface area contributed by atoms with Gasteiger partial charge in [0.1, 0.15) is 0 Å². The maximum absolute atomic E-state index is 4.63. The average molecular weight is 240 g/mol. The Bertz CT molecular complexity index is 318. The Kier molecular flexibility index (Phi) is 5.42. The summed E-state index contributed by atoms with van der Waals surface area (Å²) in [5, 5.41) is 4.81. The van der Waals surface area contributed by atoms with E-state index in [1.54, 1.807) is 0 Å². The van der Waals surface area contributed by atoms with Crippen LogP contribution in [0.1, 0.15) is 49.7 Å². The summed E-state index contributed by atoms with van der Waals surface area (Å²) in [4.78, 5) is 6.03. The molecule has 1 N–H and O–H groups in total. The van der Waals surface area contributed by atoms with Crippen molar-refractivity contribution >= 4 is 11.3 Å². The predicted octanol–water partition coefficient (Wildman–Crippen LogP) is 3.54. The van der Waals surface area contributed by atoms with E-state index in [0.29, 0.717) is 12.0 Å². The third-order valence-electron chi connectivity index (χ3n) is 2.74. The molecule has 0 bridgehead atoms. The second-order valence-electron chi connectivity index (χ2n) is 4.90. The van der Waals surface area contributed by atoms with Crippen LogP contribution in [0.15, 0.2) is 0 Å². The molecule has 0 aliphatic rings. The smallest absolute Gasteiger partial charge is 0.0934 e. The van der Waals surface area contributed by atoms with Crippen molar-refractivity contribution in [2.24, 2.45) is 5.92 Å². The normalized spacial score (nSPS) is 13.4. The van der Waals surface area contributed by atoms with Crippen LogP contribution in [0.4, 0.5) is 0 Å². The SMILES string of the molecule is CCC(C)NCc1sc(CC(C)C)nc1C. The van der Waals surface area contributed by atoms with Crippen molar-refractivity contribution in [2.75, 3.05) is 0 Å². The van der Waals surface area contributed by atoms with E-state index in [4.69, 9.17) is 0 Å². The Morgan fingerprint density at radius 1 is 1.31 bits per heavy atom. The first-order valence-corrected chi connectivity index (χ1v) is 7.03. The van der Waals surface area contributed by atoms with Crippen molar-refractivity contribution in [3.05, 3.63) is 15.6 Å². The van der Waals surface area contributed by atoms with E-state index in [0.717, 1.165) is 13.0 Å². The summed E-state index contributed by atoms with van der Waals surface area (Å²) in [5.41, 5.74) is 1.21. The molecule has 92 valence electrons. The zero-order valence-electron chi connectivity index (χ0n) is 11.1. The molecule has 0 fully saturated rings. The third-order valence-corrected chi connectivity index (χ3v) is 3.92. The highest BCUT2D eigenvalue weighted by molar-refractivity contribution is 7.11. The molecule has 0 aliphatic heterocycles. The molecule has 0 spiro atoms. The molecule has 0 saturated carbocycles. The number of hydrogen-bond acceptors (Lipinski definition) is 3. The maximum Gasteiger partial charge on any atom is 0.0934 e. The lowest BCUT2D eigenvalue weighted by molar-refractivity contribution is 0.536. The lowest BCUT2D eigenvalue weighted by atomic mass is 10.1. The van der Waals surface area contributed by atoms with Gasteiger partial charge in [-0.2, -0.15) is 0 Å². The molecule has 0 saturated heterocycles. The number of aromatic nitrogens is 1. The van der Waals surface area contributed by atoms with E-state index in [1.165, 1.54) is 22.0 Å². The molecule has 1 heterocycles. The highest BCUT2D eigenvalue weighted by Gasteiger charge is 2.09. The average Bonchev–Trinajstić information content (AvgIpc) is 2.54. The minimum Gasteiger partial charge on any atom is -0.309 e. The summed E-state index contributed by atoms with van der Waals surface area (Å²) in [6.07, 6.45) is 2.28. The van der Waals surface area contributed by atoms with Crippen molar-refractivity contribution in [1.82, 2.24) is 10.3 Å². The predicted molar refractivity (Wildman–Crippen MR) is 72.0 cm³/mol. The van der Waals surface area contributed by atoms with Gasteiger partial charge in [-0.1, -0.05) is 20.8 Å². The molecular weight excluding hydrogens is 216 g/mol. The molecule has 1 rings (SSSR count). The molecule has 16 heavy (non-hydrogen) atoms. The van der Waals surface area contributed by atoms with E-state index >= 15 is 0 Å². The number of hydrogen-bond donors (Lipinski definition) is 1. The van der Waals surface area contributed by atoms with Crippen molar-refractivity contribution in [1.29, 1.82) is 0 Å². The van der Waals surface area contributed by atoms with Crippen molar-refractivity contribution in [3.63, 3.8) is 0 Å². The van der Waals surface area contributed by atoms with Gasteiger partial charge in [0.25, 0.3) is 0 Å². The van der Waals surface area contributed by atoms with Gasteiger partial charge in [0, 0.05) is 23.9 Å². The second kappa shape index (κ2) is 6.36. The van der Waals surface area contributed by atoms with Crippen LogP contribution >= 0.6 is 11.3 Å². The van der Waals surface area contributed by atoms with E-state index in [-0.39, 0.29) is 0 Å².